The van der Waals surface area contributed by atoms with Gasteiger partial charge in [-0.3, -0.25) is 4.79 Å². The lowest BCUT2D eigenvalue weighted by atomic mass is 10.2. The number of halogens is 2. The molecule has 3 amide bonds. The van der Waals surface area contributed by atoms with E-state index in [-0.39, 0.29) is 5.56 Å². The number of amides is 3. The van der Waals surface area contributed by atoms with Crippen LogP contribution in [0.15, 0.2) is 30.3 Å². The number of carbonyl (C=O) groups excluding carboxylic acids is 2. The molecule has 1 N–H and O–H groups in total. The lowest BCUT2D eigenvalue weighted by Gasteiger charge is -2.07. The summed E-state index contributed by atoms with van der Waals surface area (Å²) in [6.07, 6.45) is 0. The third-order valence-corrected chi connectivity index (χ3v) is 1.46. The number of nitrogens with zero attached hydrogens (tertiary/aromatic N) is 1. The summed E-state index contributed by atoms with van der Waals surface area (Å²) in [5, 5.41) is -0.838. The number of urea groups is 1. The Bertz CT molecular complexity index is 342. The molecule has 4 nitrogen and oxygen atoms in total. The highest BCUT2D eigenvalue weighted by molar-refractivity contribution is 6.02. The van der Waals surface area contributed by atoms with Gasteiger partial charge in [0.25, 0.3) is 5.91 Å². The molecule has 0 saturated heterocycles. The van der Waals surface area contributed by atoms with Gasteiger partial charge in [-0.15, -0.1) is 0 Å². The summed E-state index contributed by atoms with van der Waals surface area (Å²) in [6, 6.07) is 5.47. The number of nitrogens with one attached hydrogen (secondary N) is 1. The average molecular weight is 200 g/mol. The van der Waals surface area contributed by atoms with Crippen molar-refractivity contribution in [3.05, 3.63) is 35.9 Å². The normalized spacial score (nSPS) is 9.29. The van der Waals surface area contributed by atoms with Gasteiger partial charge in [0.2, 0.25) is 0 Å². The van der Waals surface area contributed by atoms with Crippen molar-refractivity contribution in [2.75, 3.05) is 0 Å². The zero-order valence-electron chi connectivity index (χ0n) is 6.91. The zero-order valence-corrected chi connectivity index (χ0v) is 6.91. The Labute approximate surface area is 78.0 Å². The van der Waals surface area contributed by atoms with Crippen LogP contribution in [0.25, 0.3) is 0 Å². The van der Waals surface area contributed by atoms with E-state index in [1.54, 1.807) is 6.07 Å². The Morgan fingerprint density at radius 3 is 2.29 bits per heavy atom. The molecule has 1 aromatic carbocycles. The van der Waals surface area contributed by atoms with Crippen molar-refractivity contribution in [1.29, 1.82) is 0 Å². The summed E-state index contributed by atoms with van der Waals surface area (Å²) in [7, 11) is 0. The predicted molar refractivity (Wildman–Crippen MR) is 43.4 cm³/mol. The second-order valence-corrected chi connectivity index (χ2v) is 2.35. The molecular weight excluding hydrogens is 194 g/mol. The van der Waals surface area contributed by atoms with Gasteiger partial charge in [0.15, 0.2) is 0 Å². The van der Waals surface area contributed by atoms with Crippen LogP contribution < -0.4 is 5.54 Å². The second kappa shape index (κ2) is 4.31. The SMILES string of the molecule is O=C(NF)N(F)C(=O)c1ccccc1. The Hall–Kier alpha value is -1.98. The van der Waals surface area contributed by atoms with Gasteiger partial charge in [-0.25, -0.2) is 4.79 Å². The molecule has 1 rings (SSSR count). The van der Waals surface area contributed by atoms with Crippen molar-refractivity contribution < 1.29 is 18.6 Å². The van der Waals surface area contributed by atoms with Crippen LogP contribution >= 0.6 is 0 Å². The monoisotopic (exact) mass is 200 g/mol. The lowest BCUT2D eigenvalue weighted by Crippen LogP contribution is -2.34. The highest BCUT2D eigenvalue weighted by Crippen LogP contribution is 2.05. The van der Waals surface area contributed by atoms with Gasteiger partial charge < -0.3 is 0 Å². The molecule has 0 bridgehead atoms. The molecule has 0 unspecified atom stereocenters. The molecule has 0 atom stereocenters. The van der Waals surface area contributed by atoms with E-state index < -0.39 is 17.1 Å². The van der Waals surface area contributed by atoms with Crippen molar-refractivity contribution in [2.45, 2.75) is 0 Å². The van der Waals surface area contributed by atoms with Crippen LogP contribution in [0.4, 0.5) is 13.8 Å². The molecule has 0 radical (unpaired) electrons. The van der Waals surface area contributed by atoms with E-state index >= 15 is 0 Å². The van der Waals surface area contributed by atoms with E-state index in [2.05, 4.69) is 0 Å². The molecular formula is C8H6F2N2O2. The molecule has 0 aliphatic rings. The number of carbonyl (C=O) groups is 2. The fourth-order valence-corrected chi connectivity index (χ4v) is 0.823. The fourth-order valence-electron chi connectivity index (χ4n) is 0.823. The number of hydrogen-bond donors (Lipinski definition) is 1. The standard InChI is InChI=1S/C8H6F2N2O2/c9-11-8(14)12(10)7(13)6-4-2-1-3-5-6/h1-5H,(H,11,14). The first-order valence-electron chi connectivity index (χ1n) is 3.62. The van der Waals surface area contributed by atoms with E-state index in [1.165, 1.54) is 24.3 Å². The summed E-state index contributed by atoms with van der Waals surface area (Å²) >= 11 is 0. The Balaban J connectivity index is 2.81. The molecule has 1 aromatic rings. The third kappa shape index (κ3) is 2.03. The first kappa shape index (κ1) is 10.1. The number of hydrogen-bond acceptors (Lipinski definition) is 2. The minimum Gasteiger partial charge on any atom is -0.266 e. The quantitative estimate of drug-likeness (QED) is 0.700. The van der Waals surface area contributed by atoms with E-state index in [4.69, 9.17) is 0 Å². The molecule has 14 heavy (non-hydrogen) atoms. The van der Waals surface area contributed by atoms with Gasteiger partial charge in [0.1, 0.15) is 0 Å². The second-order valence-electron chi connectivity index (χ2n) is 2.35. The number of imide groups is 1. The maximum Gasteiger partial charge on any atom is 0.381 e. The molecule has 0 aliphatic heterocycles. The largest absolute Gasteiger partial charge is 0.381 e. The van der Waals surface area contributed by atoms with E-state index in [0.29, 0.717) is 5.54 Å². The number of rotatable bonds is 1. The molecule has 0 aromatic heterocycles. The zero-order chi connectivity index (χ0) is 10.6. The van der Waals surface area contributed by atoms with Crippen molar-refractivity contribution in [1.82, 2.24) is 10.7 Å². The minimum absolute atomic E-state index is 0.0430. The number of benzene rings is 1. The van der Waals surface area contributed by atoms with Gasteiger partial charge in [-0.05, 0) is 12.1 Å². The summed E-state index contributed by atoms with van der Waals surface area (Å²) in [6.45, 7) is 0. The van der Waals surface area contributed by atoms with Crippen LogP contribution in [0, 0.1) is 0 Å². The first-order chi connectivity index (χ1) is 6.66. The molecule has 0 aliphatic carbocycles. The van der Waals surface area contributed by atoms with Gasteiger partial charge in [0.05, 0.1) is 0 Å². The van der Waals surface area contributed by atoms with Crippen LogP contribution in [-0.4, -0.2) is 17.1 Å². The Morgan fingerprint density at radius 2 is 1.79 bits per heavy atom. The minimum atomic E-state index is -1.75. The molecule has 74 valence electrons. The van der Waals surface area contributed by atoms with Crippen LogP contribution in [-0.2, 0) is 0 Å². The van der Waals surface area contributed by atoms with Crippen molar-refractivity contribution in [2.24, 2.45) is 0 Å². The smallest absolute Gasteiger partial charge is 0.266 e. The fraction of sp³-hybridized carbons (Fsp3) is 0. The van der Waals surface area contributed by atoms with Gasteiger partial charge in [-0.1, -0.05) is 32.3 Å². The van der Waals surface area contributed by atoms with Crippen molar-refractivity contribution >= 4 is 11.9 Å². The highest BCUT2D eigenvalue weighted by atomic mass is 19.2. The highest BCUT2D eigenvalue weighted by Gasteiger charge is 2.22. The molecule has 0 spiro atoms. The van der Waals surface area contributed by atoms with Crippen molar-refractivity contribution in [3.63, 3.8) is 0 Å². The third-order valence-electron chi connectivity index (χ3n) is 1.46. The summed E-state index contributed by atoms with van der Waals surface area (Å²) in [5.41, 5.74) is 0.464. The average Bonchev–Trinajstić information content (AvgIpc) is 2.27. The molecule has 0 saturated carbocycles. The van der Waals surface area contributed by atoms with Crippen molar-refractivity contribution in [3.8, 4) is 0 Å². The molecule has 6 heteroatoms. The maximum absolute atomic E-state index is 12.7. The maximum atomic E-state index is 12.7. The summed E-state index contributed by atoms with van der Waals surface area (Å²) in [5.74, 6) is -1.22. The van der Waals surface area contributed by atoms with Crippen LogP contribution in [0.1, 0.15) is 10.4 Å². The summed E-state index contributed by atoms with van der Waals surface area (Å²) in [4.78, 5) is 21.4. The lowest BCUT2D eigenvalue weighted by molar-refractivity contribution is 0.0350. The van der Waals surface area contributed by atoms with Crippen LogP contribution in [0.2, 0.25) is 0 Å². The summed E-state index contributed by atoms with van der Waals surface area (Å²) < 4.78 is 24.2. The molecule has 0 heterocycles. The van der Waals surface area contributed by atoms with Gasteiger partial charge in [0, 0.05) is 5.56 Å². The van der Waals surface area contributed by atoms with Gasteiger partial charge >= 0.3 is 6.03 Å². The molecule has 0 fully saturated rings. The first-order valence-corrected chi connectivity index (χ1v) is 3.62. The van der Waals surface area contributed by atoms with E-state index in [9.17, 15) is 18.6 Å². The van der Waals surface area contributed by atoms with E-state index in [0.717, 1.165) is 0 Å². The Kier molecular flexibility index (Phi) is 3.11. The van der Waals surface area contributed by atoms with Gasteiger partial charge in [-0.2, -0.15) is 5.54 Å². The topological polar surface area (TPSA) is 49.4 Å². The predicted octanol–water partition coefficient (Wildman–Crippen LogP) is 1.61. The van der Waals surface area contributed by atoms with Crippen LogP contribution in [0.3, 0.4) is 0 Å². The Morgan fingerprint density at radius 1 is 1.21 bits per heavy atom. The van der Waals surface area contributed by atoms with Crippen LogP contribution in [0.5, 0.6) is 0 Å². The van der Waals surface area contributed by atoms with E-state index in [1.807, 2.05) is 0 Å².